The number of likely N-dealkylation sites (N-methyl/N-ethyl adjacent to an activating group) is 1. The summed E-state index contributed by atoms with van der Waals surface area (Å²) in [5.74, 6) is 0.175. The summed E-state index contributed by atoms with van der Waals surface area (Å²) < 4.78 is 6.18. The highest BCUT2D eigenvalue weighted by Crippen LogP contribution is 2.23. The average molecular weight is 283 g/mol. The molecule has 1 amide bonds. The van der Waals surface area contributed by atoms with Gasteiger partial charge in [-0.3, -0.25) is 4.79 Å². The number of nitriles is 1. The van der Waals surface area contributed by atoms with Gasteiger partial charge in [0.15, 0.2) is 6.10 Å². The van der Waals surface area contributed by atoms with Gasteiger partial charge in [0.1, 0.15) is 11.8 Å². The van der Waals surface area contributed by atoms with E-state index in [0.717, 1.165) is 4.47 Å². The van der Waals surface area contributed by atoms with E-state index in [2.05, 4.69) is 21.2 Å². The molecule has 1 rings (SSSR count). The van der Waals surface area contributed by atoms with Gasteiger partial charge in [-0.1, -0.05) is 15.9 Å². The van der Waals surface area contributed by atoms with Gasteiger partial charge in [0, 0.05) is 11.5 Å². The highest BCUT2D eigenvalue weighted by atomic mass is 79.9. The molecule has 0 aliphatic rings. The minimum atomic E-state index is -0.627. The summed E-state index contributed by atoms with van der Waals surface area (Å²) in [6.07, 6.45) is -0.627. The standard InChI is InChI=1S/C11H11BrN2O2/c1-7(11(15)14-2)16-10-4-3-9(12)5-8(10)6-13/h3-5,7H,1-2H3,(H,14,15). The summed E-state index contributed by atoms with van der Waals surface area (Å²) >= 11 is 3.26. The number of carbonyl (C=O) groups excluding carboxylic acids is 1. The maximum atomic E-state index is 11.3. The van der Waals surface area contributed by atoms with Crippen molar-refractivity contribution in [3.63, 3.8) is 0 Å². The third kappa shape index (κ3) is 2.97. The van der Waals surface area contributed by atoms with Crippen LogP contribution < -0.4 is 10.1 Å². The molecular weight excluding hydrogens is 272 g/mol. The third-order valence-electron chi connectivity index (χ3n) is 1.98. The Kier molecular flexibility index (Phi) is 4.32. The molecule has 0 aromatic heterocycles. The van der Waals surface area contributed by atoms with Gasteiger partial charge in [-0.2, -0.15) is 5.26 Å². The molecule has 0 radical (unpaired) electrons. The molecule has 1 unspecified atom stereocenters. The molecule has 1 N–H and O–H groups in total. The Labute approximate surface area is 102 Å². The van der Waals surface area contributed by atoms with Crippen LogP contribution in [0.15, 0.2) is 22.7 Å². The van der Waals surface area contributed by atoms with Crippen molar-refractivity contribution in [1.29, 1.82) is 5.26 Å². The molecule has 5 heteroatoms. The van der Waals surface area contributed by atoms with Gasteiger partial charge >= 0.3 is 0 Å². The minimum absolute atomic E-state index is 0.230. The topological polar surface area (TPSA) is 62.1 Å². The SMILES string of the molecule is CNC(=O)C(C)Oc1ccc(Br)cc1C#N. The van der Waals surface area contributed by atoms with E-state index in [1.54, 1.807) is 25.1 Å². The minimum Gasteiger partial charge on any atom is -0.480 e. The second kappa shape index (κ2) is 5.52. The van der Waals surface area contributed by atoms with Crippen molar-refractivity contribution in [2.45, 2.75) is 13.0 Å². The van der Waals surface area contributed by atoms with Gasteiger partial charge in [0.25, 0.3) is 5.91 Å². The summed E-state index contributed by atoms with van der Waals surface area (Å²) in [4.78, 5) is 11.3. The molecule has 1 aromatic rings. The predicted octanol–water partition coefficient (Wildman–Crippen LogP) is 1.83. The van der Waals surface area contributed by atoms with Crippen LogP contribution in [0, 0.1) is 11.3 Å². The third-order valence-corrected chi connectivity index (χ3v) is 2.47. The molecule has 0 aliphatic carbocycles. The maximum absolute atomic E-state index is 11.3. The van der Waals surface area contributed by atoms with Gasteiger partial charge in [-0.15, -0.1) is 0 Å². The molecule has 1 atom stereocenters. The maximum Gasteiger partial charge on any atom is 0.260 e. The zero-order valence-electron chi connectivity index (χ0n) is 8.95. The van der Waals surface area contributed by atoms with E-state index in [-0.39, 0.29) is 5.91 Å². The van der Waals surface area contributed by atoms with Crippen molar-refractivity contribution >= 4 is 21.8 Å². The van der Waals surface area contributed by atoms with Crippen molar-refractivity contribution in [3.8, 4) is 11.8 Å². The fourth-order valence-corrected chi connectivity index (χ4v) is 1.50. The Morgan fingerprint density at radius 2 is 2.31 bits per heavy atom. The Bertz CT molecular complexity index is 440. The first-order valence-corrected chi connectivity index (χ1v) is 5.45. The van der Waals surface area contributed by atoms with Crippen molar-refractivity contribution < 1.29 is 9.53 Å². The van der Waals surface area contributed by atoms with E-state index < -0.39 is 6.10 Å². The summed E-state index contributed by atoms with van der Waals surface area (Å²) in [7, 11) is 1.54. The molecule has 4 nitrogen and oxygen atoms in total. The van der Waals surface area contributed by atoms with Crippen LogP contribution in [0.25, 0.3) is 0 Å². The molecule has 0 spiro atoms. The molecular formula is C11H11BrN2O2. The number of ether oxygens (including phenoxy) is 1. The monoisotopic (exact) mass is 282 g/mol. The lowest BCUT2D eigenvalue weighted by molar-refractivity contribution is -0.126. The Hall–Kier alpha value is -1.54. The quantitative estimate of drug-likeness (QED) is 0.920. The number of rotatable bonds is 3. The zero-order valence-corrected chi connectivity index (χ0v) is 10.5. The van der Waals surface area contributed by atoms with Crippen molar-refractivity contribution in [1.82, 2.24) is 5.32 Å². The number of benzene rings is 1. The molecule has 1 aromatic carbocycles. The number of nitrogens with zero attached hydrogens (tertiary/aromatic N) is 1. The van der Waals surface area contributed by atoms with Crippen molar-refractivity contribution in [3.05, 3.63) is 28.2 Å². The van der Waals surface area contributed by atoms with Crippen molar-refractivity contribution in [2.75, 3.05) is 7.05 Å². The van der Waals surface area contributed by atoms with Crippen LogP contribution in [0.3, 0.4) is 0 Å². The van der Waals surface area contributed by atoms with Gasteiger partial charge in [-0.05, 0) is 25.1 Å². The average Bonchev–Trinajstić information content (AvgIpc) is 2.30. The highest BCUT2D eigenvalue weighted by molar-refractivity contribution is 9.10. The largest absolute Gasteiger partial charge is 0.480 e. The lowest BCUT2D eigenvalue weighted by Crippen LogP contribution is -2.33. The van der Waals surface area contributed by atoms with Crippen molar-refractivity contribution in [2.24, 2.45) is 0 Å². The highest BCUT2D eigenvalue weighted by Gasteiger charge is 2.14. The summed E-state index contributed by atoms with van der Waals surface area (Å²) in [5, 5.41) is 11.4. The van der Waals surface area contributed by atoms with Crippen LogP contribution >= 0.6 is 15.9 Å². The van der Waals surface area contributed by atoms with Gasteiger partial charge < -0.3 is 10.1 Å². The number of amides is 1. The molecule has 0 saturated heterocycles. The summed E-state index contributed by atoms with van der Waals surface area (Å²) in [6, 6.07) is 7.07. The Morgan fingerprint density at radius 3 is 2.88 bits per heavy atom. The first-order chi connectivity index (χ1) is 7.58. The fraction of sp³-hybridized carbons (Fsp3) is 0.273. The van der Waals surface area contributed by atoms with Crippen LogP contribution in [-0.4, -0.2) is 19.1 Å². The molecule has 0 saturated carbocycles. The van der Waals surface area contributed by atoms with Gasteiger partial charge in [0.05, 0.1) is 5.56 Å². The lowest BCUT2D eigenvalue weighted by Gasteiger charge is -2.14. The Morgan fingerprint density at radius 1 is 1.62 bits per heavy atom. The molecule has 0 bridgehead atoms. The first kappa shape index (κ1) is 12.5. The molecule has 0 aliphatic heterocycles. The van der Waals surface area contributed by atoms with E-state index in [1.807, 2.05) is 6.07 Å². The van der Waals surface area contributed by atoms with Gasteiger partial charge in [-0.25, -0.2) is 0 Å². The predicted molar refractivity (Wildman–Crippen MR) is 63.0 cm³/mol. The first-order valence-electron chi connectivity index (χ1n) is 4.66. The van der Waals surface area contributed by atoms with Crippen LogP contribution in [0.1, 0.15) is 12.5 Å². The fourth-order valence-electron chi connectivity index (χ4n) is 1.14. The van der Waals surface area contributed by atoms with E-state index in [0.29, 0.717) is 11.3 Å². The second-order valence-electron chi connectivity index (χ2n) is 3.13. The molecule has 0 fully saturated rings. The molecule has 84 valence electrons. The number of halogens is 1. The van der Waals surface area contributed by atoms with E-state index in [9.17, 15) is 4.79 Å². The second-order valence-corrected chi connectivity index (χ2v) is 4.04. The zero-order chi connectivity index (χ0) is 12.1. The van der Waals surface area contributed by atoms with E-state index in [4.69, 9.17) is 10.00 Å². The lowest BCUT2D eigenvalue weighted by atomic mass is 10.2. The summed E-state index contributed by atoms with van der Waals surface area (Å²) in [5.41, 5.74) is 0.394. The van der Waals surface area contributed by atoms with Gasteiger partial charge in [0.2, 0.25) is 0 Å². The number of hydrogen-bond donors (Lipinski definition) is 1. The normalized spacial score (nSPS) is 11.4. The molecule has 16 heavy (non-hydrogen) atoms. The van der Waals surface area contributed by atoms with Crippen LogP contribution in [-0.2, 0) is 4.79 Å². The van der Waals surface area contributed by atoms with E-state index in [1.165, 1.54) is 7.05 Å². The van der Waals surface area contributed by atoms with Crippen LogP contribution in [0.4, 0.5) is 0 Å². The van der Waals surface area contributed by atoms with Crippen LogP contribution in [0.2, 0.25) is 0 Å². The number of nitrogens with one attached hydrogen (secondary N) is 1. The Balaban J connectivity index is 2.90. The number of carbonyl (C=O) groups is 1. The van der Waals surface area contributed by atoms with E-state index >= 15 is 0 Å². The smallest absolute Gasteiger partial charge is 0.260 e. The number of hydrogen-bond acceptors (Lipinski definition) is 3. The summed E-state index contributed by atoms with van der Waals surface area (Å²) in [6.45, 7) is 1.63. The van der Waals surface area contributed by atoms with Crippen LogP contribution in [0.5, 0.6) is 5.75 Å². The molecule has 0 heterocycles.